The maximum absolute atomic E-state index is 11.1. The second kappa shape index (κ2) is 5.83. The Balaban J connectivity index is 2.20. The Bertz CT molecular complexity index is 618. The van der Waals surface area contributed by atoms with E-state index in [1.807, 2.05) is 30.3 Å². The molecule has 0 aliphatic rings. The van der Waals surface area contributed by atoms with Crippen LogP contribution in [0.5, 0.6) is 0 Å². The summed E-state index contributed by atoms with van der Waals surface area (Å²) in [5.74, 6) is 4.82. The number of hydrogen-bond donors (Lipinski definition) is 0. The van der Waals surface area contributed by atoms with Crippen molar-refractivity contribution in [3.8, 4) is 11.8 Å². The lowest BCUT2D eigenvalue weighted by molar-refractivity contribution is -0.136. The van der Waals surface area contributed by atoms with Crippen LogP contribution in [-0.2, 0) is 16.0 Å². The number of carbonyl (C=O) groups is 1. The van der Waals surface area contributed by atoms with Crippen molar-refractivity contribution in [2.45, 2.75) is 13.3 Å². The molecule has 1 heterocycles. The number of pyridine rings is 1. The number of esters is 1. The smallest absolute Gasteiger partial charge is 0.384 e. The zero-order chi connectivity index (χ0) is 12.8. The lowest BCUT2D eigenvalue weighted by Gasteiger charge is -2.01. The molecule has 0 saturated carbocycles. The normalized spacial score (nSPS) is 9.61. The molecular formula is C15H13NO2. The van der Waals surface area contributed by atoms with Crippen molar-refractivity contribution < 1.29 is 9.53 Å². The van der Waals surface area contributed by atoms with Crippen LogP contribution in [-0.4, -0.2) is 17.6 Å². The van der Waals surface area contributed by atoms with Crippen LogP contribution < -0.4 is 0 Å². The predicted molar refractivity (Wildman–Crippen MR) is 69.9 cm³/mol. The van der Waals surface area contributed by atoms with Gasteiger partial charge in [-0.25, -0.2) is 4.79 Å². The standard InChI is InChI=1S/C15H13NO2/c1-2-18-15(17)9-5-6-12-10-11-16-14-8-4-3-7-13(12)14/h3-4,7-8,10-11H,2,6H2,1H3. The quantitative estimate of drug-likeness (QED) is 0.459. The third-order valence-corrected chi connectivity index (χ3v) is 2.48. The molecule has 2 aromatic rings. The summed E-state index contributed by atoms with van der Waals surface area (Å²) in [5.41, 5.74) is 2.00. The molecule has 3 heteroatoms. The summed E-state index contributed by atoms with van der Waals surface area (Å²) >= 11 is 0. The summed E-state index contributed by atoms with van der Waals surface area (Å²) in [6, 6.07) is 9.79. The molecule has 0 aliphatic carbocycles. The van der Waals surface area contributed by atoms with Crippen LogP contribution in [0.1, 0.15) is 12.5 Å². The van der Waals surface area contributed by atoms with Gasteiger partial charge in [0.05, 0.1) is 12.1 Å². The molecule has 0 spiro atoms. The average Bonchev–Trinajstić information content (AvgIpc) is 2.39. The van der Waals surface area contributed by atoms with Crippen LogP contribution in [0.15, 0.2) is 36.5 Å². The summed E-state index contributed by atoms with van der Waals surface area (Å²) in [4.78, 5) is 15.4. The van der Waals surface area contributed by atoms with Crippen molar-refractivity contribution in [1.29, 1.82) is 0 Å². The highest BCUT2D eigenvalue weighted by Gasteiger charge is 1.99. The molecule has 0 radical (unpaired) electrons. The van der Waals surface area contributed by atoms with Crippen LogP contribution >= 0.6 is 0 Å². The van der Waals surface area contributed by atoms with Crippen LogP contribution in [0.4, 0.5) is 0 Å². The molecule has 0 unspecified atom stereocenters. The number of rotatable bonds is 2. The van der Waals surface area contributed by atoms with Gasteiger partial charge in [-0.05, 0) is 24.6 Å². The first-order valence-electron chi connectivity index (χ1n) is 5.79. The number of hydrogen-bond acceptors (Lipinski definition) is 3. The van der Waals surface area contributed by atoms with Gasteiger partial charge in [0.1, 0.15) is 0 Å². The summed E-state index contributed by atoms with van der Waals surface area (Å²) in [6.45, 7) is 2.11. The second-order valence-corrected chi connectivity index (χ2v) is 3.69. The summed E-state index contributed by atoms with van der Waals surface area (Å²) in [7, 11) is 0. The number of nitrogens with zero attached hydrogens (tertiary/aromatic N) is 1. The number of fused-ring (bicyclic) bond motifs is 1. The van der Waals surface area contributed by atoms with Gasteiger partial charge < -0.3 is 4.74 Å². The first kappa shape index (κ1) is 12.1. The molecule has 0 atom stereocenters. The number of ether oxygens (including phenoxy) is 1. The van der Waals surface area contributed by atoms with Crippen molar-refractivity contribution in [2.75, 3.05) is 6.61 Å². The van der Waals surface area contributed by atoms with E-state index in [-0.39, 0.29) is 0 Å². The molecule has 0 fully saturated rings. The van der Waals surface area contributed by atoms with Crippen molar-refractivity contribution >= 4 is 16.9 Å². The lowest BCUT2D eigenvalue weighted by atomic mass is 10.1. The molecule has 2 rings (SSSR count). The Hall–Kier alpha value is -2.34. The zero-order valence-corrected chi connectivity index (χ0v) is 10.1. The highest BCUT2D eigenvalue weighted by atomic mass is 16.5. The first-order chi connectivity index (χ1) is 8.81. The van der Waals surface area contributed by atoms with E-state index >= 15 is 0 Å². The fourth-order valence-electron chi connectivity index (χ4n) is 1.69. The topological polar surface area (TPSA) is 39.2 Å². The van der Waals surface area contributed by atoms with Gasteiger partial charge in [-0.2, -0.15) is 0 Å². The maximum Gasteiger partial charge on any atom is 0.384 e. The minimum absolute atomic E-state index is 0.353. The minimum atomic E-state index is -0.476. The molecule has 18 heavy (non-hydrogen) atoms. The Labute approximate surface area is 106 Å². The molecule has 0 saturated heterocycles. The summed E-state index contributed by atoms with van der Waals surface area (Å²) in [5, 5.41) is 1.07. The first-order valence-corrected chi connectivity index (χ1v) is 5.79. The van der Waals surface area contributed by atoms with E-state index in [9.17, 15) is 4.79 Å². The molecule has 0 N–H and O–H groups in total. The maximum atomic E-state index is 11.1. The van der Waals surface area contributed by atoms with Crippen molar-refractivity contribution in [3.63, 3.8) is 0 Å². The van der Waals surface area contributed by atoms with Gasteiger partial charge in [0.25, 0.3) is 0 Å². The van der Waals surface area contributed by atoms with Crippen molar-refractivity contribution in [2.24, 2.45) is 0 Å². The fourth-order valence-corrected chi connectivity index (χ4v) is 1.69. The van der Waals surface area contributed by atoms with Crippen molar-refractivity contribution in [3.05, 3.63) is 42.1 Å². The molecule has 1 aromatic heterocycles. The largest absolute Gasteiger partial charge is 0.456 e. The van der Waals surface area contributed by atoms with Gasteiger partial charge in [0.15, 0.2) is 0 Å². The van der Waals surface area contributed by atoms with Crippen LogP contribution in [0.25, 0.3) is 10.9 Å². The lowest BCUT2D eigenvalue weighted by Crippen LogP contribution is -1.99. The Morgan fingerprint density at radius 1 is 1.33 bits per heavy atom. The van der Waals surface area contributed by atoms with Gasteiger partial charge >= 0.3 is 5.97 Å². The van der Waals surface area contributed by atoms with E-state index < -0.39 is 5.97 Å². The van der Waals surface area contributed by atoms with Crippen LogP contribution in [0, 0.1) is 11.8 Å². The molecule has 0 amide bonds. The fraction of sp³-hybridized carbons (Fsp3) is 0.200. The SMILES string of the molecule is CCOC(=O)C#CCc1ccnc2ccccc12. The second-order valence-electron chi connectivity index (χ2n) is 3.69. The molecule has 1 aromatic carbocycles. The number of benzene rings is 1. The molecule has 3 nitrogen and oxygen atoms in total. The number of aromatic nitrogens is 1. The predicted octanol–water partition coefficient (Wildman–Crippen LogP) is 2.34. The van der Waals surface area contributed by atoms with E-state index in [1.54, 1.807) is 13.1 Å². The average molecular weight is 239 g/mol. The van der Waals surface area contributed by atoms with Gasteiger partial charge in [-0.1, -0.05) is 24.1 Å². The summed E-state index contributed by atoms with van der Waals surface area (Å²) < 4.78 is 4.74. The van der Waals surface area contributed by atoms with Gasteiger partial charge in [0, 0.05) is 23.9 Å². The highest BCUT2D eigenvalue weighted by Crippen LogP contribution is 2.16. The molecule has 0 bridgehead atoms. The van der Waals surface area contributed by atoms with E-state index in [0.717, 1.165) is 16.5 Å². The van der Waals surface area contributed by atoms with Crippen LogP contribution in [0.2, 0.25) is 0 Å². The van der Waals surface area contributed by atoms with E-state index in [1.165, 1.54) is 0 Å². The Morgan fingerprint density at radius 2 is 2.17 bits per heavy atom. The zero-order valence-electron chi connectivity index (χ0n) is 10.1. The third-order valence-electron chi connectivity index (χ3n) is 2.48. The van der Waals surface area contributed by atoms with E-state index in [2.05, 4.69) is 16.8 Å². The highest BCUT2D eigenvalue weighted by molar-refractivity contribution is 5.88. The number of carbonyl (C=O) groups excluding carboxylic acids is 1. The third kappa shape index (κ3) is 2.86. The van der Waals surface area contributed by atoms with Crippen LogP contribution in [0.3, 0.4) is 0 Å². The van der Waals surface area contributed by atoms with Gasteiger partial charge in [0.2, 0.25) is 0 Å². The van der Waals surface area contributed by atoms with Gasteiger partial charge in [-0.15, -0.1) is 0 Å². The monoisotopic (exact) mass is 239 g/mol. The van der Waals surface area contributed by atoms with E-state index in [0.29, 0.717) is 13.0 Å². The molecule has 90 valence electrons. The van der Waals surface area contributed by atoms with Gasteiger partial charge in [-0.3, -0.25) is 4.98 Å². The van der Waals surface area contributed by atoms with E-state index in [4.69, 9.17) is 4.74 Å². The summed E-state index contributed by atoms with van der Waals surface area (Å²) in [6.07, 6.45) is 2.27. The molecular weight excluding hydrogens is 226 g/mol. The number of para-hydroxylation sites is 1. The van der Waals surface area contributed by atoms with Crippen molar-refractivity contribution in [1.82, 2.24) is 4.98 Å². The molecule has 0 aliphatic heterocycles. The Morgan fingerprint density at radius 3 is 3.00 bits per heavy atom. The minimum Gasteiger partial charge on any atom is -0.456 e. The Kier molecular flexibility index (Phi) is 3.93.